The first-order valence-corrected chi connectivity index (χ1v) is 6.99. The molecule has 0 N–H and O–H groups in total. The lowest BCUT2D eigenvalue weighted by Crippen LogP contribution is -2.34. The Labute approximate surface area is 112 Å². The second kappa shape index (κ2) is 6.17. The summed E-state index contributed by atoms with van der Waals surface area (Å²) in [6.07, 6.45) is 2.65. The average molecular weight is 272 g/mol. The maximum absolute atomic E-state index is 11.5. The molecule has 6 heteroatoms. The van der Waals surface area contributed by atoms with Gasteiger partial charge in [-0.1, -0.05) is 0 Å². The van der Waals surface area contributed by atoms with Gasteiger partial charge >= 0.3 is 5.97 Å². The van der Waals surface area contributed by atoms with Gasteiger partial charge in [-0.15, -0.1) is 0 Å². The first kappa shape index (κ1) is 13.3. The third-order valence-corrected chi connectivity index (χ3v) is 3.74. The summed E-state index contributed by atoms with van der Waals surface area (Å²) in [6, 6.07) is 0. The first-order valence-electron chi connectivity index (χ1n) is 6.99. The monoisotopic (exact) mass is 272 g/mol. The molecule has 6 nitrogen and oxygen atoms in total. The summed E-state index contributed by atoms with van der Waals surface area (Å²) in [4.78, 5) is 11.5. The van der Waals surface area contributed by atoms with Crippen LogP contribution in [0.2, 0.25) is 0 Å². The number of esters is 1. The molecule has 108 valence electrons. The van der Waals surface area contributed by atoms with E-state index in [0.717, 1.165) is 25.9 Å². The predicted octanol–water partition coefficient (Wildman–Crippen LogP) is 0.834. The Kier molecular flexibility index (Phi) is 4.32. The lowest BCUT2D eigenvalue weighted by molar-refractivity contribution is -0.189. The zero-order chi connectivity index (χ0) is 13.1. The van der Waals surface area contributed by atoms with E-state index in [1.54, 1.807) is 0 Å². The number of carbonyl (C=O) groups excluding carboxylic acids is 1. The van der Waals surface area contributed by atoms with E-state index < -0.39 is 0 Å². The van der Waals surface area contributed by atoms with E-state index in [2.05, 4.69) is 0 Å². The van der Waals surface area contributed by atoms with Crippen molar-refractivity contribution in [3.8, 4) is 0 Å². The van der Waals surface area contributed by atoms with Crippen LogP contribution in [0, 0.1) is 5.92 Å². The highest BCUT2D eigenvalue weighted by Crippen LogP contribution is 2.30. The summed E-state index contributed by atoms with van der Waals surface area (Å²) >= 11 is 0. The highest BCUT2D eigenvalue weighted by atomic mass is 16.7. The topological polar surface area (TPSA) is 63.2 Å². The van der Waals surface area contributed by atoms with Crippen molar-refractivity contribution in [1.82, 2.24) is 0 Å². The fourth-order valence-electron chi connectivity index (χ4n) is 2.73. The van der Waals surface area contributed by atoms with Crippen LogP contribution in [0.3, 0.4) is 0 Å². The minimum atomic E-state index is -0.340. The Morgan fingerprint density at radius 3 is 2.68 bits per heavy atom. The lowest BCUT2D eigenvalue weighted by Gasteiger charge is -2.26. The van der Waals surface area contributed by atoms with Gasteiger partial charge in [0.2, 0.25) is 0 Å². The molecule has 0 radical (unpaired) electrons. The minimum absolute atomic E-state index is 0.0707. The molecule has 0 amide bonds. The van der Waals surface area contributed by atoms with E-state index >= 15 is 0 Å². The van der Waals surface area contributed by atoms with Crippen molar-refractivity contribution in [2.45, 2.75) is 44.4 Å². The largest absolute Gasteiger partial charge is 0.459 e. The van der Waals surface area contributed by atoms with Crippen LogP contribution in [0.1, 0.15) is 25.7 Å². The van der Waals surface area contributed by atoms with E-state index in [-0.39, 0.29) is 30.6 Å². The molecular weight excluding hydrogens is 252 g/mol. The van der Waals surface area contributed by atoms with Crippen LogP contribution in [-0.2, 0) is 28.5 Å². The zero-order valence-electron chi connectivity index (χ0n) is 10.9. The van der Waals surface area contributed by atoms with Crippen LogP contribution in [0.5, 0.6) is 0 Å². The molecule has 19 heavy (non-hydrogen) atoms. The number of rotatable bonds is 4. The molecule has 0 aromatic heterocycles. The minimum Gasteiger partial charge on any atom is -0.459 e. The summed E-state index contributed by atoms with van der Waals surface area (Å²) in [5.74, 6) is -0.277. The fraction of sp³-hybridized carbons (Fsp3) is 0.923. The highest BCUT2D eigenvalue weighted by molar-refractivity contribution is 5.72. The first-order chi connectivity index (χ1) is 9.33. The van der Waals surface area contributed by atoms with E-state index in [9.17, 15) is 4.79 Å². The summed E-state index contributed by atoms with van der Waals surface area (Å²) in [6.45, 7) is 2.25. The number of hydrogen-bond donors (Lipinski definition) is 0. The quantitative estimate of drug-likeness (QED) is 0.706. The normalized spacial score (nSPS) is 36.6. The zero-order valence-corrected chi connectivity index (χ0v) is 10.9. The van der Waals surface area contributed by atoms with Gasteiger partial charge in [0.1, 0.15) is 6.10 Å². The number of carbonyl (C=O) groups is 1. The fourth-order valence-corrected chi connectivity index (χ4v) is 2.73. The van der Waals surface area contributed by atoms with Crippen LogP contribution in [0.25, 0.3) is 0 Å². The van der Waals surface area contributed by atoms with Crippen molar-refractivity contribution in [2.75, 3.05) is 26.4 Å². The SMILES string of the molecule is O=C1C[C@H](C2OCCO2)[C@@H](COC2CCCCO2)O1. The standard InChI is InChI=1S/C13H20O6/c14-11-7-9(13-16-5-6-17-13)10(19-11)8-18-12-3-1-2-4-15-12/h9-10,12-13H,1-8H2/t9-,10+,12?/m0/s1. The van der Waals surface area contributed by atoms with Crippen LogP contribution in [-0.4, -0.2) is 51.1 Å². The Hall–Kier alpha value is -0.690. The molecule has 0 saturated carbocycles. The Bertz CT molecular complexity index is 308. The van der Waals surface area contributed by atoms with E-state index in [1.807, 2.05) is 0 Å². The number of ether oxygens (including phenoxy) is 5. The van der Waals surface area contributed by atoms with Crippen molar-refractivity contribution >= 4 is 5.97 Å². The molecule has 1 unspecified atom stereocenters. The molecule has 3 fully saturated rings. The van der Waals surface area contributed by atoms with Gasteiger partial charge in [0.05, 0.1) is 32.2 Å². The summed E-state index contributed by atoms with van der Waals surface area (Å²) in [5, 5.41) is 0. The Morgan fingerprint density at radius 2 is 1.95 bits per heavy atom. The third-order valence-electron chi connectivity index (χ3n) is 3.74. The number of hydrogen-bond acceptors (Lipinski definition) is 6. The van der Waals surface area contributed by atoms with Gasteiger partial charge in [0, 0.05) is 6.61 Å². The molecule has 3 aliphatic rings. The van der Waals surface area contributed by atoms with Crippen LogP contribution < -0.4 is 0 Å². The summed E-state index contributed by atoms with van der Waals surface area (Å²) in [7, 11) is 0. The maximum Gasteiger partial charge on any atom is 0.306 e. The van der Waals surface area contributed by atoms with Crippen molar-refractivity contribution in [1.29, 1.82) is 0 Å². The lowest BCUT2D eigenvalue weighted by atomic mass is 10.0. The molecule has 3 aliphatic heterocycles. The van der Waals surface area contributed by atoms with E-state index in [1.165, 1.54) is 0 Å². The second-order valence-electron chi connectivity index (χ2n) is 5.14. The maximum atomic E-state index is 11.5. The van der Waals surface area contributed by atoms with Gasteiger partial charge in [-0.2, -0.15) is 0 Å². The third kappa shape index (κ3) is 3.25. The smallest absolute Gasteiger partial charge is 0.306 e. The van der Waals surface area contributed by atoms with Gasteiger partial charge in [-0.25, -0.2) is 0 Å². The van der Waals surface area contributed by atoms with Crippen molar-refractivity contribution in [3.63, 3.8) is 0 Å². The molecule has 3 rings (SSSR count). The van der Waals surface area contributed by atoms with Gasteiger partial charge in [-0.3, -0.25) is 4.79 Å². The Morgan fingerprint density at radius 1 is 1.11 bits per heavy atom. The molecule has 0 aromatic rings. The van der Waals surface area contributed by atoms with E-state index in [0.29, 0.717) is 26.2 Å². The van der Waals surface area contributed by atoms with Crippen LogP contribution >= 0.6 is 0 Å². The van der Waals surface area contributed by atoms with Crippen molar-refractivity contribution < 1.29 is 28.5 Å². The van der Waals surface area contributed by atoms with Crippen molar-refractivity contribution in [2.24, 2.45) is 5.92 Å². The van der Waals surface area contributed by atoms with Crippen LogP contribution in [0.15, 0.2) is 0 Å². The molecular formula is C13H20O6. The van der Waals surface area contributed by atoms with Gasteiger partial charge < -0.3 is 23.7 Å². The molecule has 0 aliphatic carbocycles. The van der Waals surface area contributed by atoms with Crippen molar-refractivity contribution in [3.05, 3.63) is 0 Å². The summed E-state index contributed by atoms with van der Waals surface area (Å²) < 4.78 is 27.4. The molecule has 3 heterocycles. The molecule has 3 saturated heterocycles. The van der Waals surface area contributed by atoms with Gasteiger partial charge in [-0.05, 0) is 19.3 Å². The molecule has 0 bridgehead atoms. The second-order valence-corrected chi connectivity index (χ2v) is 5.14. The average Bonchev–Trinajstić information content (AvgIpc) is 3.06. The Balaban J connectivity index is 1.51. The molecule has 0 spiro atoms. The predicted molar refractivity (Wildman–Crippen MR) is 63.2 cm³/mol. The van der Waals surface area contributed by atoms with Crippen LogP contribution in [0.4, 0.5) is 0 Å². The summed E-state index contributed by atoms with van der Waals surface area (Å²) in [5.41, 5.74) is 0. The number of cyclic esters (lactones) is 1. The van der Waals surface area contributed by atoms with Gasteiger partial charge in [0.15, 0.2) is 12.6 Å². The molecule has 3 atom stereocenters. The molecule has 0 aromatic carbocycles. The highest BCUT2D eigenvalue weighted by Gasteiger charge is 2.43. The van der Waals surface area contributed by atoms with Gasteiger partial charge in [0.25, 0.3) is 0 Å². The van der Waals surface area contributed by atoms with E-state index in [4.69, 9.17) is 23.7 Å².